The quantitative estimate of drug-likeness (QED) is 0.644. The fourth-order valence-electron chi connectivity index (χ4n) is 2.16. The van der Waals surface area contributed by atoms with Crippen LogP contribution in [0.5, 0.6) is 5.88 Å². The molecule has 0 aliphatic carbocycles. The van der Waals surface area contributed by atoms with Gasteiger partial charge in [-0.25, -0.2) is 27.6 Å². The summed E-state index contributed by atoms with van der Waals surface area (Å²) in [5.74, 6) is -0.391. The van der Waals surface area contributed by atoms with Gasteiger partial charge in [-0.05, 0) is 37.3 Å². The van der Waals surface area contributed by atoms with E-state index in [0.29, 0.717) is 15.7 Å². The number of hydrogen-bond donors (Lipinski definition) is 2. The van der Waals surface area contributed by atoms with Crippen molar-refractivity contribution in [1.29, 1.82) is 0 Å². The summed E-state index contributed by atoms with van der Waals surface area (Å²) in [6, 6.07) is 8.67. The smallest absolute Gasteiger partial charge is 0.388 e. The van der Waals surface area contributed by atoms with E-state index in [4.69, 9.17) is 4.74 Å². The molecular formula is C17H15FN4O4S2. The average Bonchev–Trinajstić information content (AvgIpc) is 2.95. The Morgan fingerprint density at radius 3 is 2.71 bits per heavy atom. The van der Waals surface area contributed by atoms with Gasteiger partial charge in [0.2, 0.25) is 0 Å². The molecule has 2 aromatic heterocycles. The zero-order valence-corrected chi connectivity index (χ0v) is 16.4. The second kappa shape index (κ2) is 7.90. The minimum atomic E-state index is -3.36. The van der Waals surface area contributed by atoms with Gasteiger partial charge < -0.3 is 10.1 Å². The maximum absolute atomic E-state index is 12.9. The Morgan fingerprint density at radius 1 is 1.25 bits per heavy atom. The highest BCUT2D eigenvalue weighted by molar-refractivity contribution is 7.90. The minimum Gasteiger partial charge on any atom is -0.388 e. The van der Waals surface area contributed by atoms with E-state index >= 15 is 0 Å². The van der Waals surface area contributed by atoms with Crippen LogP contribution in [0.25, 0.3) is 0 Å². The number of hydrogen-bond acceptors (Lipinski definition) is 8. The molecule has 0 radical (unpaired) electrons. The lowest BCUT2D eigenvalue weighted by Gasteiger charge is -2.08. The van der Waals surface area contributed by atoms with E-state index in [1.54, 1.807) is 19.1 Å². The van der Waals surface area contributed by atoms with Crippen molar-refractivity contribution in [2.75, 3.05) is 16.9 Å². The molecule has 11 heteroatoms. The molecule has 0 unspecified atom stereocenters. The van der Waals surface area contributed by atoms with Gasteiger partial charge in [-0.2, -0.15) is 0 Å². The second-order valence-electron chi connectivity index (χ2n) is 5.67. The summed E-state index contributed by atoms with van der Waals surface area (Å²) < 4.78 is 41.5. The van der Waals surface area contributed by atoms with Crippen molar-refractivity contribution in [1.82, 2.24) is 9.97 Å². The van der Waals surface area contributed by atoms with Gasteiger partial charge in [0, 0.05) is 11.9 Å². The third kappa shape index (κ3) is 5.02. The maximum Gasteiger partial charge on any atom is 0.419 e. The monoisotopic (exact) mass is 422 g/mol. The molecule has 2 N–H and O–H groups in total. The van der Waals surface area contributed by atoms with Crippen LogP contribution in [0, 0.1) is 12.7 Å². The van der Waals surface area contributed by atoms with Gasteiger partial charge >= 0.3 is 6.09 Å². The third-order valence-corrected chi connectivity index (χ3v) is 5.35. The molecule has 1 aromatic carbocycles. The van der Waals surface area contributed by atoms with E-state index in [1.807, 2.05) is 0 Å². The van der Waals surface area contributed by atoms with Crippen LogP contribution in [0.1, 0.15) is 5.01 Å². The number of nitrogens with one attached hydrogen (secondary N) is 2. The number of thiazole rings is 1. The number of rotatable bonds is 5. The number of anilines is 3. The number of sulfone groups is 1. The van der Waals surface area contributed by atoms with Crippen LogP contribution >= 0.6 is 11.3 Å². The van der Waals surface area contributed by atoms with Crippen molar-refractivity contribution in [3.05, 3.63) is 53.4 Å². The minimum absolute atomic E-state index is 0.0203. The van der Waals surface area contributed by atoms with Crippen LogP contribution in [0.2, 0.25) is 0 Å². The fraction of sp³-hybridized carbons (Fsp3) is 0.118. The number of carbonyl (C=O) groups is 1. The summed E-state index contributed by atoms with van der Waals surface area (Å²) in [7, 11) is -3.36. The third-order valence-electron chi connectivity index (χ3n) is 3.37. The Balaban J connectivity index is 1.76. The number of ether oxygens (including phenoxy) is 1. The largest absolute Gasteiger partial charge is 0.419 e. The summed E-state index contributed by atoms with van der Waals surface area (Å²) in [4.78, 5) is 20.1. The number of amides is 1. The van der Waals surface area contributed by atoms with Gasteiger partial charge in [-0.1, -0.05) is 17.4 Å². The normalized spacial score (nSPS) is 11.1. The fourth-order valence-corrected chi connectivity index (χ4v) is 3.59. The van der Waals surface area contributed by atoms with Gasteiger partial charge in [-0.15, -0.1) is 0 Å². The molecule has 0 aliphatic heterocycles. The predicted molar refractivity (Wildman–Crippen MR) is 104 cm³/mol. The number of pyridine rings is 1. The van der Waals surface area contributed by atoms with Gasteiger partial charge in [0.15, 0.2) is 14.8 Å². The molecule has 0 atom stereocenters. The second-order valence-corrected chi connectivity index (χ2v) is 8.89. The SMILES string of the molecule is Cc1nc(OC(=O)Nc2ccc(F)cn2)c(Nc2cccc(S(C)(=O)=O)c2)s1. The number of aryl methyl sites for hydroxylation is 1. The van der Waals surface area contributed by atoms with Gasteiger partial charge in [0.25, 0.3) is 5.88 Å². The molecule has 0 spiro atoms. The van der Waals surface area contributed by atoms with Gasteiger partial charge in [0.05, 0.1) is 16.1 Å². The number of aromatic nitrogens is 2. The zero-order valence-electron chi connectivity index (χ0n) is 14.8. The highest BCUT2D eigenvalue weighted by atomic mass is 32.2. The lowest BCUT2D eigenvalue weighted by Crippen LogP contribution is -2.18. The van der Waals surface area contributed by atoms with Crippen molar-refractivity contribution in [2.24, 2.45) is 0 Å². The highest BCUT2D eigenvalue weighted by Gasteiger charge is 2.16. The van der Waals surface area contributed by atoms with Crippen molar-refractivity contribution in [3.8, 4) is 5.88 Å². The Labute approximate surface area is 164 Å². The standard InChI is InChI=1S/C17H15FN4O4S2/c1-10-20-15(26-17(23)22-14-7-6-11(18)9-19-14)16(27-10)21-12-4-3-5-13(8-12)28(2,24)25/h3-9,21H,1-2H3,(H,19,22,23). The van der Waals surface area contributed by atoms with E-state index in [2.05, 4.69) is 20.6 Å². The van der Waals surface area contributed by atoms with Crippen LogP contribution < -0.4 is 15.4 Å². The summed E-state index contributed by atoms with van der Waals surface area (Å²) in [5, 5.41) is 6.42. The molecule has 0 saturated carbocycles. The first-order chi connectivity index (χ1) is 13.2. The van der Waals surface area contributed by atoms with Crippen molar-refractivity contribution < 1.29 is 22.3 Å². The van der Waals surface area contributed by atoms with Crippen molar-refractivity contribution >= 4 is 43.8 Å². The van der Waals surface area contributed by atoms with Crippen LogP contribution in [0.3, 0.4) is 0 Å². The van der Waals surface area contributed by atoms with E-state index in [-0.39, 0.29) is 16.6 Å². The molecule has 8 nitrogen and oxygen atoms in total. The summed E-state index contributed by atoms with van der Waals surface area (Å²) in [5.41, 5.74) is 0.497. The number of nitrogens with zero attached hydrogens (tertiary/aromatic N) is 2. The number of benzene rings is 1. The summed E-state index contributed by atoms with van der Waals surface area (Å²) >= 11 is 1.23. The van der Waals surface area contributed by atoms with Crippen LogP contribution in [-0.4, -0.2) is 30.7 Å². The molecule has 1 amide bonds. The van der Waals surface area contributed by atoms with E-state index in [9.17, 15) is 17.6 Å². The number of carbonyl (C=O) groups excluding carboxylic acids is 1. The Bertz CT molecular complexity index is 1110. The van der Waals surface area contributed by atoms with Crippen molar-refractivity contribution in [3.63, 3.8) is 0 Å². The topological polar surface area (TPSA) is 110 Å². The van der Waals surface area contributed by atoms with Crippen molar-refractivity contribution in [2.45, 2.75) is 11.8 Å². The Kier molecular flexibility index (Phi) is 5.56. The van der Waals surface area contributed by atoms with Gasteiger partial charge in [-0.3, -0.25) is 5.32 Å². The Hall–Kier alpha value is -3.05. The molecule has 28 heavy (non-hydrogen) atoms. The first-order valence-electron chi connectivity index (χ1n) is 7.86. The molecule has 0 aliphatic rings. The lowest BCUT2D eigenvalue weighted by atomic mass is 10.3. The zero-order chi connectivity index (χ0) is 20.3. The Morgan fingerprint density at radius 2 is 2.04 bits per heavy atom. The molecule has 0 bridgehead atoms. The summed E-state index contributed by atoms with van der Waals surface area (Å²) in [6.45, 7) is 1.73. The molecular weight excluding hydrogens is 407 g/mol. The highest BCUT2D eigenvalue weighted by Crippen LogP contribution is 2.34. The number of halogens is 1. The van der Waals surface area contributed by atoms with E-state index < -0.39 is 21.7 Å². The molecule has 0 fully saturated rings. The van der Waals surface area contributed by atoms with Crippen LogP contribution in [0.15, 0.2) is 47.5 Å². The molecule has 0 saturated heterocycles. The molecule has 3 rings (SSSR count). The van der Waals surface area contributed by atoms with Crippen LogP contribution in [-0.2, 0) is 9.84 Å². The summed E-state index contributed by atoms with van der Waals surface area (Å²) in [6.07, 6.45) is 1.23. The van der Waals surface area contributed by atoms with E-state index in [0.717, 1.165) is 18.5 Å². The first kappa shape index (κ1) is 19.7. The first-order valence-corrected chi connectivity index (χ1v) is 10.6. The lowest BCUT2D eigenvalue weighted by molar-refractivity contribution is 0.213. The van der Waals surface area contributed by atoms with E-state index in [1.165, 1.54) is 29.5 Å². The molecule has 146 valence electrons. The maximum atomic E-state index is 12.9. The average molecular weight is 422 g/mol. The molecule has 2 heterocycles. The van der Waals surface area contributed by atoms with Crippen LogP contribution in [0.4, 0.5) is 25.7 Å². The predicted octanol–water partition coefficient (Wildman–Crippen LogP) is 3.74. The molecule has 3 aromatic rings. The van der Waals surface area contributed by atoms with Gasteiger partial charge in [0.1, 0.15) is 11.6 Å².